The number of rotatable bonds is 11. The van der Waals surface area contributed by atoms with Crippen molar-refractivity contribution in [3.05, 3.63) is 144 Å². The first-order chi connectivity index (χ1) is 23.3. The fourth-order valence-electron chi connectivity index (χ4n) is 5.10. The molecule has 0 aliphatic carbocycles. The number of amides is 2. The van der Waals surface area contributed by atoms with Crippen LogP contribution in [0.2, 0.25) is 0 Å². The smallest absolute Gasteiger partial charge is 0.323 e. The van der Waals surface area contributed by atoms with Crippen LogP contribution in [0, 0.1) is 6.92 Å². The minimum Gasteiger partial charge on any atom is -0.480 e. The molecule has 10 heteroatoms. The molecule has 0 spiro atoms. The number of carbonyl (C=O) groups is 3. The summed E-state index contributed by atoms with van der Waals surface area (Å²) in [6.07, 6.45) is 1.74. The third-order valence-electron chi connectivity index (χ3n) is 7.63. The molecule has 48 heavy (non-hydrogen) atoms. The standard InChI is InChI=1S/C38H31N5O5/c1-25-5-9-27(10-6-25)28-13-15-30(16-14-28)37-41-36(42-48-37)29-11-7-26(8-12-29)23-43(24-35(45)46)38(47)31-17-19-32(20-18-31)40-34(44)22-33-4-2-3-21-39-33/h2-21H,22-24H2,1H3,(H,40,44)(H,45,46). The van der Waals surface area contributed by atoms with Gasteiger partial charge < -0.3 is 19.8 Å². The van der Waals surface area contributed by atoms with Crippen molar-refractivity contribution in [2.24, 2.45) is 0 Å². The van der Waals surface area contributed by atoms with Gasteiger partial charge in [-0.15, -0.1) is 0 Å². The van der Waals surface area contributed by atoms with E-state index in [0.29, 0.717) is 34.2 Å². The maximum atomic E-state index is 13.3. The normalized spacial score (nSPS) is 10.8. The van der Waals surface area contributed by atoms with Gasteiger partial charge in [0.05, 0.1) is 6.42 Å². The van der Waals surface area contributed by atoms with Gasteiger partial charge in [-0.3, -0.25) is 19.4 Å². The van der Waals surface area contributed by atoms with Crippen molar-refractivity contribution in [3.63, 3.8) is 0 Å². The molecule has 0 fully saturated rings. The number of nitrogens with zero attached hydrogens (tertiary/aromatic N) is 4. The molecule has 0 aliphatic heterocycles. The second-order valence-electron chi connectivity index (χ2n) is 11.2. The van der Waals surface area contributed by atoms with Crippen LogP contribution in [0.3, 0.4) is 0 Å². The summed E-state index contributed by atoms with van der Waals surface area (Å²) in [7, 11) is 0. The number of nitrogens with one attached hydrogen (secondary N) is 1. The van der Waals surface area contributed by atoms with Gasteiger partial charge in [0.15, 0.2) is 0 Å². The molecule has 4 aromatic carbocycles. The maximum Gasteiger partial charge on any atom is 0.323 e. The summed E-state index contributed by atoms with van der Waals surface area (Å²) in [6, 6.07) is 35.1. The number of hydrogen-bond donors (Lipinski definition) is 2. The molecule has 2 N–H and O–H groups in total. The van der Waals surface area contributed by atoms with Gasteiger partial charge in [-0.2, -0.15) is 4.98 Å². The monoisotopic (exact) mass is 637 g/mol. The van der Waals surface area contributed by atoms with Crippen LogP contribution in [-0.4, -0.2) is 49.5 Å². The highest BCUT2D eigenvalue weighted by Crippen LogP contribution is 2.26. The first-order valence-corrected chi connectivity index (χ1v) is 15.2. The molecule has 0 bridgehead atoms. The van der Waals surface area contributed by atoms with Crippen molar-refractivity contribution in [2.45, 2.75) is 19.9 Å². The molecule has 6 aromatic rings. The molecule has 2 amide bonds. The summed E-state index contributed by atoms with van der Waals surface area (Å²) in [5.74, 6) is -1.03. The van der Waals surface area contributed by atoms with Gasteiger partial charge in [0, 0.05) is 40.8 Å². The average molecular weight is 638 g/mol. The molecule has 0 saturated heterocycles. The van der Waals surface area contributed by atoms with E-state index in [1.807, 2.05) is 30.3 Å². The Kier molecular flexibility index (Phi) is 9.43. The zero-order valence-corrected chi connectivity index (χ0v) is 26.0. The third kappa shape index (κ3) is 7.86. The Morgan fingerprint density at radius 1 is 0.771 bits per heavy atom. The number of aliphatic carboxylic acids is 1. The molecule has 0 unspecified atom stereocenters. The van der Waals surface area contributed by atoms with E-state index in [1.54, 1.807) is 66.9 Å². The lowest BCUT2D eigenvalue weighted by molar-refractivity contribution is -0.137. The SMILES string of the molecule is Cc1ccc(-c2ccc(-c3nc(-c4ccc(CN(CC(=O)O)C(=O)c5ccc(NC(=O)Cc6ccccn6)cc5)cc4)no3)cc2)cc1. The third-order valence-corrected chi connectivity index (χ3v) is 7.63. The van der Waals surface area contributed by atoms with Crippen molar-refractivity contribution in [2.75, 3.05) is 11.9 Å². The number of aryl methyl sites for hydroxylation is 1. The van der Waals surface area contributed by atoms with Crippen LogP contribution in [-0.2, 0) is 22.6 Å². The number of anilines is 1. The van der Waals surface area contributed by atoms with Crippen LogP contribution < -0.4 is 5.32 Å². The van der Waals surface area contributed by atoms with Crippen molar-refractivity contribution in [3.8, 4) is 34.0 Å². The Morgan fingerprint density at radius 3 is 2.06 bits per heavy atom. The Balaban J connectivity index is 1.09. The number of carboxylic acid groups (broad SMARTS) is 1. The molecule has 2 heterocycles. The van der Waals surface area contributed by atoms with Crippen LogP contribution in [0.25, 0.3) is 34.0 Å². The topological polar surface area (TPSA) is 139 Å². The quantitative estimate of drug-likeness (QED) is 0.160. The summed E-state index contributed by atoms with van der Waals surface area (Å²) in [6.45, 7) is 1.64. The van der Waals surface area contributed by atoms with Gasteiger partial charge in [0.2, 0.25) is 11.7 Å². The summed E-state index contributed by atoms with van der Waals surface area (Å²) in [5, 5.41) is 16.4. The predicted molar refractivity (Wildman–Crippen MR) is 181 cm³/mol. The Bertz CT molecular complexity index is 2020. The number of benzene rings is 4. The van der Waals surface area contributed by atoms with Crippen molar-refractivity contribution in [1.82, 2.24) is 20.0 Å². The number of pyridine rings is 1. The highest BCUT2D eigenvalue weighted by atomic mass is 16.5. The van der Waals surface area contributed by atoms with E-state index in [1.165, 1.54) is 10.5 Å². The van der Waals surface area contributed by atoms with Crippen molar-refractivity contribution < 1.29 is 24.0 Å². The van der Waals surface area contributed by atoms with Gasteiger partial charge in [0.1, 0.15) is 6.54 Å². The average Bonchev–Trinajstić information content (AvgIpc) is 3.60. The van der Waals surface area contributed by atoms with Crippen LogP contribution in [0.15, 0.2) is 126 Å². The van der Waals surface area contributed by atoms with E-state index in [4.69, 9.17) is 4.52 Å². The van der Waals surface area contributed by atoms with Crippen LogP contribution in [0.5, 0.6) is 0 Å². The minimum atomic E-state index is -1.13. The molecule has 0 atom stereocenters. The fourth-order valence-corrected chi connectivity index (χ4v) is 5.10. The van der Waals surface area contributed by atoms with E-state index in [2.05, 4.69) is 51.6 Å². The van der Waals surface area contributed by atoms with Crippen LogP contribution in [0.1, 0.15) is 27.2 Å². The summed E-state index contributed by atoms with van der Waals surface area (Å²) >= 11 is 0. The highest BCUT2D eigenvalue weighted by Gasteiger charge is 2.20. The fraction of sp³-hybridized carbons (Fsp3) is 0.105. The number of carboxylic acids is 1. The molecule has 0 saturated carbocycles. The van der Waals surface area contributed by atoms with Gasteiger partial charge in [-0.05, 0) is 72.1 Å². The Morgan fingerprint density at radius 2 is 1.42 bits per heavy atom. The molecule has 0 aliphatic rings. The second kappa shape index (κ2) is 14.3. The van der Waals surface area contributed by atoms with Gasteiger partial charge in [-0.1, -0.05) is 77.5 Å². The largest absolute Gasteiger partial charge is 0.480 e. The van der Waals surface area contributed by atoms with E-state index >= 15 is 0 Å². The van der Waals surface area contributed by atoms with Gasteiger partial charge in [0.25, 0.3) is 11.8 Å². The summed E-state index contributed by atoms with van der Waals surface area (Å²) in [5.41, 5.74) is 7.09. The lowest BCUT2D eigenvalue weighted by Crippen LogP contribution is -2.35. The lowest BCUT2D eigenvalue weighted by atomic mass is 10.0. The maximum absolute atomic E-state index is 13.3. The van der Waals surface area contributed by atoms with Crippen molar-refractivity contribution >= 4 is 23.5 Å². The second-order valence-corrected chi connectivity index (χ2v) is 11.2. The van der Waals surface area contributed by atoms with Gasteiger partial charge in [-0.25, -0.2) is 0 Å². The molecular weight excluding hydrogens is 606 g/mol. The summed E-state index contributed by atoms with van der Waals surface area (Å²) in [4.78, 5) is 47.3. The van der Waals surface area contributed by atoms with E-state index in [-0.39, 0.29) is 18.9 Å². The first-order valence-electron chi connectivity index (χ1n) is 15.2. The number of hydrogen-bond acceptors (Lipinski definition) is 7. The molecular formula is C38H31N5O5. The van der Waals surface area contributed by atoms with Crippen LogP contribution in [0.4, 0.5) is 5.69 Å². The lowest BCUT2D eigenvalue weighted by Gasteiger charge is -2.21. The minimum absolute atomic E-state index is 0.0683. The zero-order valence-electron chi connectivity index (χ0n) is 26.0. The number of aromatic nitrogens is 3. The van der Waals surface area contributed by atoms with E-state index in [0.717, 1.165) is 22.3 Å². The zero-order chi connectivity index (χ0) is 33.5. The highest BCUT2D eigenvalue weighted by molar-refractivity contribution is 5.97. The summed E-state index contributed by atoms with van der Waals surface area (Å²) < 4.78 is 5.54. The first kappa shape index (κ1) is 31.6. The molecule has 2 aromatic heterocycles. The van der Waals surface area contributed by atoms with E-state index in [9.17, 15) is 19.5 Å². The van der Waals surface area contributed by atoms with Gasteiger partial charge >= 0.3 is 5.97 Å². The molecule has 10 nitrogen and oxygen atoms in total. The molecule has 6 rings (SSSR count). The Hall–Kier alpha value is -6.42. The van der Waals surface area contributed by atoms with E-state index < -0.39 is 18.4 Å². The van der Waals surface area contributed by atoms with Crippen LogP contribution >= 0.6 is 0 Å². The van der Waals surface area contributed by atoms with Crippen molar-refractivity contribution in [1.29, 1.82) is 0 Å². The number of carbonyl (C=O) groups excluding carboxylic acids is 2. The molecule has 238 valence electrons. The molecule has 0 radical (unpaired) electrons. The predicted octanol–water partition coefficient (Wildman–Crippen LogP) is 6.68. The Labute approximate surface area is 276 Å².